The zero-order valence-corrected chi connectivity index (χ0v) is 7.74. The Morgan fingerprint density at radius 1 is 1.55 bits per heavy atom. The molecule has 0 N–H and O–H groups in total. The number of hydrogen-bond acceptors (Lipinski definition) is 1. The van der Waals surface area contributed by atoms with Gasteiger partial charge in [-0.1, -0.05) is 17.2 Å². The highest BCUT2D eigenvalue weighted by atomic mass is 35.5. The minimum atomic E-state index is -0.0184. The molecule has 11 heavy (non-hydrogen) atoms. The minimum absolute atomic E-state index is 0.0184. The Balaban J connectivity index is 2.55. The fourth-order valence-electron chi connectivity index (χ4n) is 1.38. The third-order valence-electron chi connectivity index (χ3n) is 2.40. The fourth-order valence-corrected chi connectivity index (χ4v) is 1.45. The van der Waals surface area contributed by atoms with Gasteiger partial charge in [-0.15, -0.1) is 0 Å². The fraction of sp³-hybridized carbons (Fsp3) is 0.667. The molecular weight excluding hydrogens is 160 g/mol. The molecule has 0 radical (unpaired) electrons. The number of Topliss-reactive ketones (excluding diaryl/α,β-unsaturated/α-hetero) is 1. The van der Waals surface area contributed by atoms with Gasteiger partial charge in [-0.3, -0.25) is 4.79 Å². The van der Waals surface area contributed by atoms with Gasteiger partial charge < -0.3 is 0 Å². The van der Waals surface area contributed by atoms with Gasteiger partial charge in [0.25, 0.3) is 0 Å². The van der Waals surface area contributed by atoms with Crippen LogP contribution in [0.15, 0.2) is 11.1 Å². The third kappa shape index (κ3) is 1.84. The Kier molecular flexibility index (Phi) is 2.38. The van der Waals surface area contributed by atoms with Crippen LogP contribution in [0.3, 0.4) is 0 Å². The molecule has 1 saturated carbocycles. The maximum Gasteiger partial charge on any atom is 0.136 e. The molecule has 0 atom stereocenters. The summed E-state index contributed by atoms with van der Waals surface area (Å²) in [5.74, 6) is 0.315. The van der Waals surface area contributed by atoms with Crippen molar-refractivity contribution in [3.8, 4) is 0 Å². The number of allylic oxidation sites excluding steroid dienone is 1. The predicted molar refractivity (Wildman–Crippen MR) is 46.6 cm³/mol. The number of carbonyl (C=O) groups is 1. The standard InChI is InChI=1S/C9H13ClO/c1-7(6-10)5-9(3-4-9)8(2)11/h6H,3-5H2,1-2H3. The Bertz CT molecular complexity index is 202. The predicted octanol–water partition coefficient (Wildman–Crippen LogP) is 2.89. The van der Waals surface area contributed by atoms with Crippen molar-refractivity contribution in [1.29, 1.82) is 0 Å². The Morgan fingerprint density at radius 2 is 2.09 bits per heavy atom. The van der Waals surface area contributed by atoms with Crippen molar-refractivity contribution in [1.82, 2.24) is 0 Å². The molecule has 62 valence electrons. The topological polar surface area (TPSA) is 17.1 Å². The second kappa shape index (κ2) is 2.98. The lowest BCUT2D eigenvalue weighted by molar-refractivity contribution is -0.121. The molecule has 1 aliphatic carbocycles. The molecule has 0 amide bonds. The third-order valence-corrected chi connectivity index (χ3v) is 2.78. The molecular formula is C9H13ClO. The summed E-state index contributed by atoms with van der Waals surface area (Å²) in [4.78, 5) is 11.1. The molecule has 0 unspecified atom stereocenters. The SMILES string of the molecule is CC(=O)C1(CC(C)=CCl)CC1. The van der Waals surface area contributed by atoms with Crippen molar-refractivity contribution >= 4 is 17.4 Å². The van der Waals surface area contributed by atoms with Gasteiger partial charge in [0.2, 0.25) is 0 Å². The van der Waals surface area contributed by atoms with Crippen LogP contribution in [0.1, 0.15) is 33.1 Å². The summed E-state index contributed by atoms with van der Waals surface area (Å²) < 4.78 is 0. The van der Waals surface area contributed by atoms with Crippen molar-refractivity contribution in [2.24, 2.45) is 5.41 Å². The van der Waals surface area contributed by atoms with E-state index >= 15 is 0 Å². The number of halogens is 1. The van der Waals surface area contributed by atoms with E-state index in [-0.39, 0.29) is 5.41 Å². The zero-order chi connectivity index (χ0) is 8.48. The molecule has 0 bridgehead atoms. The second-order valence-corrected chi connectivity index (χ2v) is 3.69. The quantitative estimate of drug-likeness (QED) is 0.640. The molecule has 0 aromatic heterocycles. The summed E-state index contributed by atoms with van der Waals surface area (Å²) in [6.45, 7) is 3.64. The maximum atomic E-state index is 11.1. The monoisotopic (exact) mass is 172 g/mol. The van der Waals surface area contributed by atoms with Crippen molar-refractivity contribution in [3.05, 3.63) is 11.1 Å². The number of carbonyl (C=O) groups excluding carboxylic acids is 1. The first-order chi connectivity index (χ1) is 5.10. The van der Waals surface area contributed by atoms with E-state index in [0.29, 0.717) is 5.78 Å². The van der Waals surface area contributed by atoms with E-state index in [0.717, 1.165) is 24.8 Å². The molecule has 0 saturated heterocycles. The molecule has 0 aromatic carbocycles. The van der Waals surface area contributed by atoms with E-state index in [1.807, 2.05) is 6.92 Å². The van der Waals surface area contributed by atoms with E-state index in [1.165, 1.54) is 0 Å². The van der Waals surface area contributed by atoms with Crippen LogP contribution < -0.4 is 0 Å². The van der Waals surface area contributed by atoms with Crippen molar-refractivity contribution in [3.63, 3.8) is 0 Å². The Hall–Kier alpha value is -0.300. The van der Waals surface area contributed by atoms with Gasteiger partial charge in [0.1, 0.15) is 5.78 Å². The highest BCUT2D eigenvalue weighted by Gasteiger charge is 2.46. The van der Waals surface area contributed by atoms with Crippen LogP contribution in [0.25, 0.3) is 0 Å². The molecule has 2 heteroatoms. The van der Waals surface area contributed by atoms with Gasteiger partial charge in [0.15, 0.2) is 0 Å². The Labute approximate surface area is 72.4 Å². The normalized spacial score (nSPS) is 21.5. The average Bonchev–Trinajstić information content (AvgIpc) is 2.69. The molecule has 0 heterocycles. The van der Waals surface area contributed by atoms with Gasteiger partial charge in [0.05, 0.1) is 0 Å². The second-order valence-electron chi connectivity index (χ2n) is 3.47. The molecule has 0 spiro atoms. The summed E-state index contributed by atoms with van der Waals surface area (Å²) in [6, 6.07) is 0. The van der Waals surface area contributed by atoms with Crippen LogP contribution in [0.5, 0.6) is 0 Å². The number of hydrogen-bond donors (Lipinski definition) is 0. The van der Waals surface area contributed by atoms with Crippen molar-refractivity contribution < 1.29 is 4.79 Å². The van der Waals surface area contributed by atoms with E-state index in [2.05, 4.69) is 0 Å². The van der Waals surface area contributed by atoms with Crippen LogP contribution in [-0.4, -0.2) is 5.78 Å². The molecule has 0 aliphatic heterocycles. The van der Waals surface area contributed by atoms with Crippen molar-refractivity contribution in [2.75, 3.05) is 0 Å². The molecule has 1 fully saturated rings. The summed E-state index contributed by atoms with van der Waals surface area (Å²) in [7, 11) is 0. The Morgan fingerprint density at radius 3 is 2.36 bits per heavy atom. The van der Waals surface area contributed by atoms with E-state index in [4.69, 9.17) is 11.6 Å². The summed E-state index contributed by atoms with van der Waals surface area (Å²) in [5.41, 5.74) is 2.66. The van der Waals surface area contributed by atoms with Crippen molar-refractivity contribution in [2.45, 2.75) is 33.1 Å². The lowest BCUT2D eigenvalue weighted by atomic mass is 9.94. The van der Waals surface area contributed by atoms with Gasteiger partial charge >= 0.3 is 0 Å². The van der Waals surface area contributed by atoms with Gasteiger partial charge in [-0.05, 0) is 33.1 Å². The van der Waals surface area contributed by atoms with E-state index < -0.39 is 0 Å². The van der Waals surface area contributed by atoms with Crippen LogP contribution in [0.2, 0.25) is 0 Å². The van der Waals surface area contributed by atoms with Gasteiger partial charge in [-0.25, -0.2) is 0 Å². The van der Waals surface area contributed by atoms with Crippen LogP contribution >= 0.6 is 11.6 Å². The van der Waals surface area contributed by atoms with Crippen LogP contribution in [-0.2, 0) is 4.79 Å². The highest BCUT2D eigenvalue weighted by molar-refractivity contribution is 6.25. The van der Waals surface area contributed by atoms with E-state index in [9.17, 15) is 4.79 Å². The van der Waals surface area contributed by atoms with Crippen LogP contribution in [0, 0.1) is 5.41 Å². The van der Waals surface area contributed by atoms with Crippen LogP contribution in [0.4, 0.5) is 0 Å². The first-order valence-electron chi connectivity index (χ1n) is 3.88. The highest BCUT2D eigenvalue weighted by Crippen LogP contribution is 2.51. The summed E-state index contributed by atoms with van der Waals surface area (Å²) in [5, 5.41) is 0. The maximum absolute atomic E-state index is 11.1. The molecule has 1 nitrogen and oxygen atoms in total. The number of rotatable bonds is 3. The lowest BCUT2D eigenvalue weighted by Gasteiger charge is -2.09. The average molecular weight is 173 g/mol. The van der Waals surface area contributed by atoms with E-state index in [1.54, 1.807) is 12.5 Å². The minimum Gasteiger partial charge on any atom is -0.299 e. The first kappa shape index (κ1) is 8.79. The van der Waals surface area contributed by atoms with Gasteiger partial charge in [0, 0.05) is 11.0 Å². The smallest absolute Gasteiger partial charge is 0.136 e. The molecule has 1 rings (SSSR count). The summed E-state index contributed by atoms with van der Waals surface area (Å²) >= 11 is 5.52. The summed E-state index contributed by atoms with van der Waals surface area (Å²) in [6.07, 6.45) is 2.95. The lowest BCUT2D eigenvalue weighted by Crippen LogP contribution is -2.11. The zero-order valence-electron chi connectivity index (χ0n) is 6.98. The first-order valence-corrected chi connectivity index (χ1v) is 4.31. The molecule has 1 aliphatic rings. The molecule has 0 aromatic rings. The van der Waals surface area contributed by atoms with Gasteiger partial charge in [-0.2, -0.15) is 0 Å². The largest absolute Gasteiger partial charge is 0.299 e. The number of ketones is 1.